The lowest BCUT2D eigenvalue weighted by atomic mass is 9.80. The number of aliphatic hydroxyl groups is 1. The maximum absolute atomic E-state index is 13.3. The highest BCUT2D eigenvalue weighted by Crippen LogP contribution is 2.33. The maximum atomic E-state index is 13.3. The third kappa shape index (κ3) is 3.12. The first-order chi connectivity index (χ1) is 12.7. The van der Waals surface area contributed by atoms with Gasteiger partial charge in [-0.3, -0.25) is 14.4 Å². The van der Waals surface area contributed by atoms with Crippen LogP contribution in [0.2, 0.25) is 0 Å². The van der Waals surface area contributed by atoms with Crippen molar-refractivity contribution < 1.29 is 14.6 Å². The number of aromatic nitrogens is 3. The van der Waals surface area contributed by atoms with Crippen molar-refractivity contribution in [2.45, 2.75) is 30.9 Å². The highest BCUT2D eigenvalue weighted by molar-refractivity contribution is 5.83. The molecule has 2 atom stereocenters. The third-order valence-corrected chi connectivity index (χ3v) is 5.74. The van der Waals surface area contributed by atoms with E-state index < -0.39 is 5.41 Å². The Bertz CT molecular complexity index is 729. The summed E-state index contributed by atoms with van der Waals surface area (Å²) in [6.07, 6.45) is 5.01. The second-order valence-electron chi connectivity index (χ2n) is 7.28. The van der Waals surface area contributed by atoms with Gasteiger partial charge in [-0.05, 0) is 37.4 Å². The van der Waals surface area contributed by atoms with E-state index in [2.05, 4.69) is 15.0 Å². The number of aliphatic hydroxyl groups excluding tert-OH is 1. The first-order valence-corrected chi connectivity index (χ1v) is 9.13. The summed E-state index contributed by atoms with van der Waals surface area (Å²) in [5.41, 5.74) is -0.467. The summed E-state index contributed by atoms with van der Waals surface area (Å²) < 4.78 is 7.55. The van der Waals surface area contributed by atoms with E-state index in [1.165, 1.54) is 6.33 Å². The molecule has 138 valence electrons. The highest BCUT2D eigenvalue weighted by atomic mass is 16.5. The summed E-state index contributed by atoms with van der Waals surface area (Å²) >= 11 is 0. The van der Waals surface area contributed by atoms with Crippen LogP contribution in [0.3, 0.4) is 0 Å². The van der Waals surface area contributed by atoms with Crippen molar-refractivity contribution in [3.05, 3.63) is 48.5 Å². The number of piperidine rings is 3. The van der Waals surface area contributed by atoms with Crippen molar-refractivity contribution in [3.8, 4) is 0 Å². The summed E-state index contributed by atoms with van der Waals surface area (Å²) in [5.74, 6) is 0.0305. The molecular weight excluding hydrogens is 332 g/mol. The molecule has 2 unspecified atom stereocenters. The SMILES string of the molecule is O=C(OC1CN2CCC1CC2)C(CO)(Cn1cncn1)c1ccccc1. The fraction of sp³-hybridized carbons (Fsp3) is 0.526. The van der Waals surface area contributed by atoms with E-state index in [-0.39, 0.29) is 25.2 Å². The fourth-order valence-corrected chi connectivity index (χ4v) is 4.12. The number of carbonyl (C=O) groups is 1. The van der Waals surface area contributed by atoms with Crippen molar-refractivity contribution >= 4 is 5.97 Å². The molecule has 7 heteroatoms. The van der Waals surface area contributed by atoms with Crippen LogP contribution >= 0.6 is 0 Å². The molecular formula is C19H24N4O3. The van der Waals surface area contributed by atoms with Crippen LogP contribution in [0.4, 0.5) is 0 Å². The van der Waals surface area contributed by atoms with Crippen LogP contribution < -0.4 is 0 Å². The largest absolute Gasteiger partial charge is 0.460 e. The number of carbonyl (C=O) groups excluding carboxylic acids is 1. The molecule has 3 saturated heterocycles. The quantitative estimate of drug-likeness (QED) is 0.773. The molecule has 4 heterocycles. The van der Waals surface area contributed by atoms with Crippen molar-refractivity contribution in [1.82, 2.24) is 19.7 Å². The van der Waals surface area contributed by atoms with E-state index in [1.54, 1.807) is 11.0 Å². The van der Waals surface area contributed by atoms with Gasteiger partial charge in [-0.2, -0.15) is 5.10 Å². The molecule has 0 amide bonds. The van der Waals surface area contributed by atoms with E-state index in [0.29, 0.717) is 5.92 Å². The first kappa shape index (κ1) is 17.2. The van der Waals surface area contributed by atoms with E-state index in [9.17, 15) is 9.90 Å². The minimum absolute atomic E-state index is 0.101. The van der Waals surface area contributed by atoms with Crippen LogP contribution in [-0.4, -0.2) is 63.1 Å². The maximum Gasteiger partial charge on any atom is 0.321 e. The average molecular weight is 356 g/mol. The van der Waals surface area contributed by atoms with Crippen molar-refractivity contribution in [3.63, 3.8) is 0 Å². The third-order valence-electron chi connectivity index (χ3n) is 5.74. The molecule has 26 heavy (non-hydrogen) atoms. The van der Waals surface area contributed by atoms with Crippen LogP contribution in [0, 0.1) is 5.92 Å². The van der Waals surface area contributed by atoms with Crippen LogP contribution in [0.25, 0.3) is 0 Å². The normalized spacial score (nSPS) is 27.0. The van der Waals surface area contributed by atoms with Gasteiger partial charge >= 0.3 is 5.97 Å². The molecule has 3 aliphatic heterocycles. The Kier molecular flexibility index (Phi) is 4.74. The van der Waals surface area contributed by atoms with Gasteiger partial charge in [-0.25, -0.2) is 4.98 Å². The number of esters is 1. The lowest BCUT2D eigenvalue weighted by molar-refractivity contribution is -0.168. The molecule has 2 aromatic rings. The number of benzene rings is 1. The van der Waals surface area contributed by atoms with Gasteiger partial charge in [-0.1, -0.05) is 30.3 Å². The zero-order valence-corrected chi connectivity index (χ0v) is 14.7. The molecule has 0 aliphatic carbocycles. The van der Waals surface area contributed by atoms with Crippen molar-refractivity contribution in [2.24, 2.45) is 5.92 Å². The zero-order valence-electron chi connectivity index (χ0n) is 14.7. The molecule has 5 rings (SSSR count). The number of hydrogen-bond acceptors (Lipinski definition) is 6. The van der Waals surface area contributed by atoms with Crippen LogP contribution in [0.5, 0.6) is 0 Å². The number of rotatable bonds is 6. The van der Waals surface area contributed by atoms with Crippen LogP contribution in [0.1, 0.15) is 18.4 Å². The Morgan fingerprint density at radius 3 is 2.62 bits per heavy atom. The summed E-state index contributed by atoms with van der Waals surface area (Å²) in [7, 11) is 0. The Labute approximate surface area is 152 Å². The molecule has 0 radical (unpaired) electrons. The molecule has 7 nitrogen and oxygen atoms in total. The zero-order chi connectivity index (χ0) is 18.0. The summed E-state index contributed by atoms with van der Waals surface area (Å²) in [5, 5.41) is 14.4. The van der Waals surface area contributed by atoms with Gasteiger partial charge in [0.1, 0.15) is 24.2 Å². The molecule has 2 bridgehead atoms. The average Bonchev–Trinajstić information content (AvgIpc) is 3.21. The van der Waals surface area contributed by atoms with Crippen LogP contribution in [-0.2, 0) is 21.5 Å². The lowest BCUT2D eigenvalue weighted by Crippen LogP contribution is -2.54. The number of nitrogens with zero attached hydrogens (tertiary/aromatic N) is 4. The molecule has 3 fully saturated rings. The number of hydrogen-bond donors (Lipinski definition) is 1. The molecule has 1 N–H and O–H groups in total. The predicted molar refractivity (Wildman–Crippen MR) is 94.3 cm³/mol. The van der Waals surface area contributed by atoms with Gasteiger partial charge in [0.2, 0.25) is 0 Å². The molecule has 1 aromatic carbocycles. The minimum atomic E-state index is -1.19. The van der Waals surface area contributed by atoms with Gasteiger partial charge in [0.05, 0.1) is 13.2 Å². The Hall–Kier alpha value is -2.25. The molecule has 0 saturated carbocycles. The van der Waals surface area contributed by atoms with Crippen LogP contribution in [0.15, 0.2) is 43.0 Å². The second kappa shape index (κ2) is 7.17. The number of ether oxygens (including phenoxy) is 1. The van der Waals surface area contributed by atoms with E-state index in [1.807, 2.05) is 30.3 Å². The molecule has 1 aromatic heterocycles. The summed E-state index contributed by atoms with van der Waals surface area (Å²) in [4.78, 5) is 19.6. The highest BCUT2D eigenvalue weighted by Gasteiger charge is 2.45. The summed E-state index contributed by atoms with van der Waals surface area (Å²) in [6.45, 7) is 2.79. The summed E-state index contributed by atoms with van der Waals surface area (Å²) in [6, 6.07) is 9.32. The minimum Gasteiger partial charge on any atom is -0.460 e. The van der Waals surface area contributed by atoms with Gasteiger partial charge in [0.25, 0.3) is 0 Å². The van der Waals surface area contributed by atoms with Gasteiger partial charge < -0.3 is 9.84 Å². The fourth-order valence-electron chi connectivity index (χ4n) is 4.12. The van der Waals surface area contributed by atoms with Gasteiger partial charge in [0, 0.05) is 6.54 Å². The van der Waals surface area contributed by atoms with E-state index >= 15 is 0 Å². The van der Waals surface area contributed by atoms with Gasteiger partial charge in [0.15, 0.2) is 0 Å². The number of fused-ring (bicyclic) bond motifs is 3. The van der Waals surface area contributed by atoms with E-state index in [0.717, 1.165) is 38.0 Å². The van der Waals surface area contributed by atoms with Crippen molar-refractivity contribution in [2.75, 3.05) is 26.2 Å². The molecule has 3 aliphatic rings. The Morgan fingerprint density at radius 2 is 2.04 bits per heavy atom. The first-order valence-electron chi connectivity index (χ1n) is 9.13. The monoisotopic (exact) mass is 356 g/mol. The lowest BCUT2D eigenvalue weighted by Gasteiger charge is -2.45. The van der Waals surface area contributed by atoms with Gasteiger partial charge in [-0.15, -0.1) is 0 Å². The molecule has 0 spiro atoms. The smallest absolute Gasteiger partial charge is 0.321 e. The second-order valence-corrected chi connectivity index (χ2v) is 7.28. The standard InChI is InChI=1S/C19H24N4O3/c24-12-19(11-23-14-20-13-21-23,16-4-2-1-3-5-16)18(25)26-17-10-22-8-6-15(17)7-9-22/h1-5,13-15,17,24H,6-12H2. The predicted octanol–water partition coefficient (Wildman–Crippen LogP) is 0.846. The van der Waals surface area contributed by atoms with Crippen molar-refractivity contribution in [1.29, 1.82) is 0 Å². The Balaban J connectivity index is 1.62. The Morgan fingerprint density at radius 1 is 1.27 bits per heavy atom. The van der Waals surface area contributed by atoms with E-state index in [4.69, 9.17) is 4.74 Å². The topological polar surface area (TPSA) is 80.5 Å².